The number of carbonyl (C=O) groups is 2. The van der Waals surface area contributed by atoms with Gasteiger partial charge in [0.05, 0.1) is 26.4 Å². The molecule has 0 aliphatic rings. The molecule has 0 aliphatic carbocycles. The molecule has 0 saturated heterocycles. The second-order valence-electron chi connectivity index (χ2n) is 5.51. The number of hydrogen-bond donors (Lipinski definition) is 3. The smallest absolute Gasteiger partial charge is 0.303 e. The summed E-state index contributed by atoms with van der Waals surface area (Å²) in [4.78, 5) is 23.3. The Labute approximate surface area is 156 Å². The van der Waals surface area contributed by atoms with Crippen molar-refractivity contribution in [3.8, 4) is 11.5 Å². The molecule has 0 heterocycles. The molecule has 8 nitrogen and oxygen atoms in total. The number of rotatable bonds is 8. The van der Waals surface area contributed by atoms with Crippen LogP contribution in [0.1, 0.15) is 28.8 Å². The van der Waals surface area contributed by atoms with E-state index in [9.17, 15) is 9.59 Å². The number of benzene rings is 2. The van der Waals surface area contributed by atoms with Crippen LogP contribution in [0.25, 0.3) is 0 Å². The molecule has 2 aromatic carbocycles. The van der Waals surface area contributed by atoms with Crippen LogP contribution in [0.5, 0.6) is 11.5 Å². The summed E-state index contributed by atoms with van der Waals surface area (Å²) < 4.78 is 10.5. The van der Waals surface area contributed by atoms with E-state index in [-0.39, 0.29) is 24.1 Å². The lowest BCUT2D eigenvalue weighted by Gasteiger charge is -2.13. The fourth-order valence-corrected chi connectivity index (χ4v) is 2.49. The van der Waals surface area contributed by atoms with Crippen LogP contribution in [0.3, 0.4) is 0 Å². The van der Waals surface area contributed by atoms with E-state index in [4.69, 9.17) is 19.8 Å². The van der Waals surface area contributed by atoms with E-state index in [1.165, 1.54) is 14.2 Å². The first kappa shape index (κ1) is 19.8. The van der Waals surface area contributed by atoms with E-state index in [1.807, 2.05) is 0 Å². The number of methoxy groups -OCH3 is 2. The van der Waals surface area contributed by atoms with Crippen molar-refractivity contribution in [3.05, 3.63) is 53.6 Å². The normalized spacial score (nSPS) is 11.0. The number of hydrogen-bond acceptors (Lipinski definition) is 6. The highest BCUT2D eigenvalue weighted by atomic mass is 16.5. The fraction of sp³-hybridized carbons (Fsp3) is 0.211. The Hall–Kier alpha value is -3.55. The lowest BCUT2D eigenvalue weighted by atomic mass is 10.1. The van der Waals surface area contributed by atoms with E-state index in [0.29, 0.717) is 22.7 Å². The number of carboxylic acid groups (broad SMARTS) is 1. The van der Waals surface area contributed by atoms with Gasteiger partial charge in [-0.3, -0.25) is 9.59 Å². The summed E-state index contributed by atoms with van der Waals surface area (Å²) in [6.45, 7) is 0. The Balaban J connectivity index is 2.17. The number of amides is 1. The zero-order valence-corrected chi connectivity index (χ0v) is 14.9. The highest BCUT2D eigenvalue weighted by molar-refractivity contribution is 6.08. The quantitative estimate of drug-likeness (QED) is 0.372. The minimum atomic E-state index is -0.981. The third kappa shape index (κ3) is 4.97. The lowest BCUT2D eigenvalue weighted by Crippen LogP contribution is -2.14. The predicted octanol–water partition coefficient (Wildman–Crippen LogP) is 3.00. The van der Waals surface area contributed by atoms with Crippen molar-refractivity contribution in [1.29, 1.82) is 0 Å². The first-order valence-electron chi connectivity index (χ1n) is 8.05. The average Bonchev–Trinajstić information content (AvgIpc) is 2.68. The van der Waals surface area contributed by atoms with Crippen molar-refractivity contribution in [2.75, 3.05) is 19.5 Å². The molecular weight excluding hydrogens is 352 g/mol. The summed E-state index contributed by atoms with van der Waals surface area (Å²) >= 11 is 0. The maximum absolute atomic E-state index is 12.6. The monoisotopic (exact) mass is 372 g/mol. The van der Waals surface area contributed by atoms with Gasteiger partial charge in [0.2, 0.25) is 0 Å². The molecule has 3 N–H and O–H groups in total. The molecule has 0 radical (unpaired) electrons. The van der Waals surface area contributed by atoms with Crippen LogP contribution in [0.2, 0.25) is 0 Å². The van der Waals surface area contributed by atoms with Gasteiger partial charge in [0.25, 0.3) is 5.91 Å². The van der Waals surface area contributed by atoms with Crippen LogP contribution < -0.4 is 14.8 Å². The van der Waals surface area contributed by atoms with E-state index >= 15 is 0 Å². The number of carboxylic acids is 1. The molecule has 27 heavy (non-hydrogen) atoms. The van der Waals surface area contributed by atoms with Gasteiger partial charge >= 0.3 is 5.97 Å². The number of anilines is 1. The maximum atomic E-state index is 12.6. The van der Waals surface area contributed by atoms with Gasteiger partial charge in [-0.1, -0.05) is 23.4 Å². The van der Waals surface area contributed by atoms with Crippen molar-refractivity contribution in [2.45, 2.75) is 12.8 Å². The molecule has 0 unspecified atom stereocenters. The molecule has 0 atom stereocenters. The van der Waals surface area contributed by atoms with Crippen LogP contribution in [0.15, 0.2) is 47.6 Å². The predicted molar refractivity (Wildman–Crippen MR) is 99.1 cm³/mol. The second kappa shape index (κ2) is 9.23. The maximum Gasteiger partial charge on any atom is 0.303 e. The summed E-state index contributed by atoms with van der Waals surface area (Å²) in [5.74, 6) is -0.622. The van der Waals surface area contributed by atoms with Crippen LogP contribution in [0.4, 0.5) is 5.69 Å². The van der Waals surface area contributed by atoms with Crippen molar-refractivity contribution >= 4 is 23.3 Å². The van der Waals surface area contributed by atoms with Gasteiger partial charge in [-0.05, 0) is 29.8 Å². The summed E-state index contributed by atoms with van der Waals surface area (Å²) in [6.07, 6.45) is -0.0541. The molecule has 0 spiro atoms. The standard InChI is InChI=1S/C19H20N2O6/c1-26-15-4-3-5-16(27-2)18(15)19(24)20-13-8-6-12(7-9-13)14(21-25)10-11-17(22)23/h3-9,25H,10-11H2,1-2H3,(H,20,24)(H,22,23)/b21-14-. The molecule has 0 fully saturated rings. The largest absolute Gasteiger partial charge is 0.496 e. The van der Waals surface area contributed by atoms with Crippen molar-refractivity contribution in [2.24, 2.45) is 5.16 Å². The van der Waals surface area contributed by atoms with Gasteiger partial charge < -0.3 is 25.1 Å². The minimum Gasteiger partial charge on any atom is -0.496 e. The molecule has 0 aromatic heterocycles. The Kier molecular flexibility index (Phi) is 6.76. The molecule has 2 aromatic rings. The number of ether oxygens (including phenoxy) is 2. The molecule has 2 rings (SSSR count). The Bertz CT molecular complexity index is 824. The number of nitrogens with one attached hydrogen (secondary N) is 1. The van der Waals surface area contributed by atoms with Crippen molar-refractivity contribution < 1.29 is 29.4 Å². The SMILES string of the molecule is COc1cccc(OC)c1C(=O)Nc1ccc(/C(CCC(=O)O)=N\O)cc1. The average molecular weight is 372 g/mol. The highest BCUT2D eigenvalue weighted by Gasteiger charge is 2.18. The molecule has 8 heteroatoms. The van der Waals surface area contributed by atoms with E-state index in [0.717, 1.165) is 0 Å². The van der Waals surface area contributed by atoms with Gasteiger partial charge in [0.15, 0.2) is 0 Å². The van der Waals surface area contributed by atoms with Crippen LogP contribution in [-0.2, 0) is 4.79 Å². The molecule has 1 amide bonds. The van der Waals surface area contributed by atoms with Crippen LogP contribution in [0, 0.1) is 0 Å². The lowest BCUT2D eigenvalue weighted by molar-refractivity contribution is -0.136. The molecule has 0 saturated carbocycles. The number of carbonyl (C=O) groups excluding carboxylic acids is 1. The summed E-state index contributed by atoms with van der Waals surface area (Å²) in [7, 11) is 2.93. The molecule has 0 aliphatic heterocycles. The van der Waals surface area contributed by atoms with Crippen molar-refractivity contribution in [3.63, 3.8) is 0 Å². The third-order valence-electron chi connectivity index (χ3n) is 3.83. The van der Waals surface area contributed by atoms with Gasteiger partial charge in [-0.25, -0.2) is 0 Å². The number of oxime groups is 1. The summed E-state index contributed by atoms with van der Waals surface area (Å²) in [5, 5.41) is 23.7. The molecular formula is C19H20N2O6. The van der Waals surface area contributed by atoms with Gasteiger partial charge in [0, 0.05) is 12.1 Å². The Morgan fingerprint density at radius 2 is 1.59 bits per heavy atom. The second-order valence-corrected chi connectivity index (χ2v) is 5.51. The first-order chi connectivity index (χ1) is 13.0. The van der Waals surface area contributed by atoms with Crippen LogP contribution >= 0.6 is 0 Å². The van der Waals surface area contributed by atoms with Crippen LogP contribution in [-0.4, -0.2) is 42.1 Å². The summed E-state index contributed by atoms with van der Waals surface area (Å²) in [6, 6.07) is 11.6. The Morgan fingerprint density at radius 3 is 2.07 bits per heavy atom. The minimum absolute atomic E-state index is 0.0932. The topological polar surface area (TPSA) is 117 Å². The van der Waals surface area contributed by atoms with Gasteiger partial charge in [0.1, 0.15) is 17.1 Å². The highest BCUT2D eigenvalue weighted by Crippen LogP contribution is 2.29. The van der Waals surface area contributed by atoms with Gasteiger partial charge in [-0.2, -0.15) is 0 Å². The Morgan fingerprint density at radius 1 is 1.00 bits per heavy atom. The summed E-state index contributed by atoms with van der Waals surface area (Å²) in [5.41, 5.74) is 1.59. The van der Waals surface area contributed by atoms with Crippen molar-refractivity contribution in [1.82, 2.24) is 0 Å². The van der Waals surface area contributed by atoms with E-state index < -0.39 is 11.9 Å². The zero-order valence-electron chi connectivity index (χ0n) is 14.9. The van der Waals surface area contributed by atoms with E-state index in [1.54, 1.807) is 42.5 Å². The zero-order chi connectivity index (χ0) is 19.8. The first-order valence-corrected chi connectivity index (χ1v) is 8.05. The molecule has 0 bridgehead atoms. The number of nitrogens with zero attached hydrogens (tertiary/aromatic N) is 1. The fourth-order valence-electron chi connectivity index (χ4n) is 2.49. The van der Waals surface area contributed by atoms with Gasteiger partial charge in [-0.15, -0.1) is 0 Å². The number of aliphatic carboxylic acids is 1. The van der Waals surface area contributed by atoms with E-state index in [2.05, 4.69) is 10.5 Å². The molecule has 142 valence electrons. The third-order valence-corrected chi connectivity index (χ3v) is 3.83.